The molecular formula is C15H18N4O2. The summed E-state index contributed by atoms with van der Waals surface area (Å²) in [5.41, 5.74) is 2.55. The minimum atomic E-state index is -0.416. The Kier molecular flexibility index (Phi) is 4.47. The summed E-state index contributed by atoms with van der Waals surface area (Å²) in [6.45, 7) is 6.78. The number of rotatable bonds is 5. The van der Waals surface area contributed by atoms with Gasteiger partial charge in [-0.2, -0.15) is 0 Å². The smallest absolute Gasteiger partial charge is 0.270 e. The fourth-order valence-electron chi connectivity index (χ4n) is 1.93. The van der Waals surface area contributed by atoms with Crippen LogP contribution in [0.3, 0.4) is 0 Å². The monoisotopic (exact) mass is 286 g/mol. The molecule has 0 radical (unpaired) electrons. The Morgan fingerprint density at radius 2 is 2.05 bits per heavy atom. The van der Waals surface area contributed by atoms with Crippen LogP contribution in [0.4, 0.5) is 11.5 Å². The Balaban J connectivity index is 2.46. The Labute approximate surface area is 123 Å². The van der Waals surface area contributed by atoms with Gasteiger partial charge in [0.05, 0.1) is 4.92 Å². The van der Waals surface area contributed by atoms with Crippen molar-refractivity contribution in [3.8, 4) is 11.4 Å². The summed E-state index contributed by atoms with van der Waals surface area (Å²) in [7, 11) is 0. The van der Waals surface area contributed by atoms with E-state index in [1.54, 1.807) is 12.1 Å². The molecule has 21 heavy (non-hydrogen) atoms. The van der Waals surface area contributed by atoms with Crippen molar-refractivity contribution in [1.29, 1.82) is 0 Å². The van der Waals surface area contributed by atoms with Gasteiger partial charge in [0.2, 0.25) is 0 Å². The number of nitro groups is 1. The summed E-state index contributed by atoms with van der Waals surface area (Å²) in [5, 5.41) is 14.1. The molecule has 0 aliphatic carbocycles. The molecule has 0 aliphatic rings. The molecule has 110 valence electrons. The highest BCUT2D eigenvalue weighted by atomic mass is 16.6. The van der Waals surface area contributed by atoms with Crippen molar-refractivity contribution in [2.75, 3.05) is 11.9 Å². The molecule has 0 unspecified atom stereocenters. The Morgan fingerprint density at radius 1 is 1.29 bits per heavy atom. The van der Waals surface area contributed by atoms with Gasteiger partial charge in [0, 0.05) is 35.5 Å². The third kappa shape index (κ3) is 3.34. The second-order valence-corrected chi connectivity index (χ2v) is 4.84. The quantitative estimate of drug-likeness (QED) is 0.672. The first-order chi connectivity index (χ1) is 10.0. The van der Waals surface area contributed by atoms with Gasteiger partial charge in [0.25, 0.3) is 5.69 Å². The molecule has 0 fully saturated rings. The van der Waals surface area contributed by atoms with Crippen LogP contribution in [-0.2, 0) is 0 Å². The summed E-state index contributed by atoms with van der Waals surface area (Å²) in [5.74, 6) is 1.28. The van der Waals surface area contributed by atoms with Gasteiger partial charge in [-0.15, -0.1) is 0 Å². The van der Waals surface area contributed by atoms with Gasteiger partial charge in [-0.05, 0) is 20.3 Å². The zero-order valence-corrected chi connectivity index (χ0v) is 12.4. The van der Waals surface area contributed by atoms with Crippen LogP contribution in [0.2, 0.25) is 0 Å². The van der Waals surface area contributed by atoms with E-state index in [1.807, 2.05) is 13.8 Å². The Morgan fingerprint density at radius 3 is 2.71 bits per heavy atom. The molecule has 2 aromatic rings. The van der Waals surface area contributed by atoms with Gasteiger partial charge in [0.1, 0.15) is 5.82 Å². The highest BCUT2D eigenvalue weighted by Gasteiger charge is 2.12. The van der Waals surface area contributed by atoms with Crippen LogP contribution in [0.5, 0.6) is 0 Å². The average Bonchev–Trinajstić information content (AvgIpc) is 2.48. The lowest BCUT2D eigenvalue weighted by molar-refractivity contribution is -0.384. The van der Waals surface area contributed by atoms with Crippen molar-refractivity contribution in [3.63, 3.8) is 0 Å². The first kappa shape index (κ1) is 14.9. The number of benzene rings is 1. The molecule has 1 heterocycles. The summed E-state index contributed by atoms with van der Waals surface area (Å²) < 4.78 is 0. The number of anilines is 1. The molecule has 0 bridgehead atoms. The number of hydrogen-bond acceptors (Lipinski definition) is 5. The summed E-state index contributed by atoms with van der Waals surface area (Å²) in [4.78, 5) is 19.4. The lowest BCUT2D eigenvalue weighted by atomic mass is 10.1. The van der Waals surface area contributed by atoms with E-state index >= 15 is 0 Å². The molecule has 0 amide bonds. The number of hydrogen-bond donors (Lipinski definition) is 1. The predicted octanol–water partition coefficient (Wildman–Crippen LogP) is 3.49. The maximum Gasteiger partial charge on any atom is 0.270 e. The van der Waals surface area contributed by atoms with Gasteiger partial charge in [0.15, 0.2) is 5.82 Å². The minimum Gasteiger partial charge on any atom is -0.370 e. The molecule has 0 atom stereocenters. The number of nitro benzene ring substituents is 1. The molecule has 6 heteroatoms. The van der Waals surface area contributed by atoms with Gasteiger partial charge >= 0.3 is 0 Å². The van der Waals surface area contributed by atoms with E-state index in [2.05, 4.69) is 22.2 Å². The first-order valence-electron chi connectivity index (χ1n) is 6.87. The number of aryl methyl sites for hydroxylation is 1. The second-order valence-electron chi connectivity index (χ2n) is 4.84. The van der Waals surface area contributed by atoms with Crippen LogP contribution in [0.15, 0.2) is 24.3 Å². The van der Waals surface area contributed by atoms with E-state index in [0.29, 0.717) is 11.4 Å². The summed E-state index contributed by atoms with van der Waals surface area (Å²) in [6.07, 6.45) is 0.995. The van der Waals surface area contributed by atoms with Crippen molar-refractivity contribution in [1.82, 2.24) is 9.97 Å². The Hall–Kier alpha value is -2.50. The van der Waals surface area contributed by atoms with E-state index in [-0.39, 0.29) is 5.69 Å². The van der Waals surface area contributed by atoms with Crippen molar-refractivity contribution < 1.29 is 4.92 Å². The van der Waals surface area contributed by atoms with Crippen molar-refractivity contribution in [3.05, 3.63) is 45.6 Å². The van der Waals surface area contributed by atoms with Crippen LogP contribution >= 0.6 is 0 Å². The highest BCUT2D eigenvalue weighted by molar-refractivity contribution is 5.62. The summed E-state index contributed by atoms with van der Waals surface area (Å²) in [6, 6.07) is 6.38. The average molecular weight is 286 g/mol. The standard InChI is InChI=1S/C15H18N4O2/c1-4-8-16-14-10(2)11(3)17-15(18-14)12-6-5-7-13(9-12)19(20)21/h5-7,9H,4,8H2,1-3H3,(H,16,17,18). The van der Waals surface area contributed by atoms with Crippen molar-refractivity contribution in [2.24, 2.45) is 0 Å². The molecule has 0 saturated carbocycles. The molecular weight excluding hydrogens is 268 g/mol. The van der Waals surface area contributed by atoms with Crippen molar-refractivity contribution in [2.45, 2.75) is 27.2 Å². The zero-order valence-electron chi connectivity index (χ0n) is 12.4. The number of non-ortho nitro benzene ring substituents is 1. The molecule has 1 N–H and O–H groups in total. The molecule has 0 saturated heterocycles. The van der Waals surface area contributed by atoms with E-state index in [4.69, 9.17) is 0 Å². The van der Waals surface area contributed by atoms with E-state index < -0.39 is 4.92 Å². The van der Waals surface area contributed by atoms with Crippen LogP contribution in [-0.4, -0.2) is 21.4 Å². The minimum absolute atomic E-state index is 0.0393. The van der Waals surface area contributed by atoms with Crippen molar-refractivity contribution >= 4 is 11.5 Å². The number of nitrogens with zero attached hydrogens (tertiary/aromatic N) is 3. The second kappa shape index (κ2) is 6.30. The maximum atomic E-state index is 10.9. The molecule has 0 spiro atoms. The lowest BCUT2D eigenvalue weighted by Gasteiger charge is -2.11. The molecule has 1 aromatic heterocycles. The molecule has 1 aromatic carbocycles. The third-order valence-corrected chi connectivity index (χ3v) is 3.25. The number of nitrogens with one attached hydrogen (secondary N) is 1. The van der Waals surface area contributed by atoms with Crippen LogP contribution in [0, 0.1) is 24.0 Å². The Bertz CT molecular complexity index is 671. The largest absolute Gasteiger partial charge is 0.370 e. The number of aromatic nitrogens is 2. The topological polar surface area (TPSA) is 81.0 Å². The van der Waals surface area contributed by atoms with E-state index in [1.165, 1.54) is 12.1 Å². The van der Waals surface area contributed by atoms with E-state index in [0.717, 1.165) is 30.0 Å². The van der Waals surface area contributed by atoms with Crippen LogP contribution in [0.25, 0.3) is 11.4 Å². The van der Waals surface area contributed by atoms with Crippen LogP contribution in [0.1, 0.15) is 24.6 Å². The maximum absolute atomic E-state index is 10.9. The van der Waals surface area contributed by atoms with E-state index in [9.17, 15) is 10.1 Å². The normalized spacial score (nSPS) is 10.4. The first-order valence-corrected chi connectivity index (χ1v) is 6.87. The SMILES string of the molecule is CCCNc1nc(-c2cccc([N+](=O)[O-])c2)nc(C)c1C. The molecule has 6 nitrogen and oxygen atoms in total. The van der Waals surface area contributed by atoms with Crippen LogP contribution < -0.4 is 5.32 Å². The predicted molar refractivity (Wildman–Crippen MR) is 82.4 cm³/mol. The molecule has 0 aliphatic heterocycles. The van der Waals surface area contributed by atoms with Gasteiger partial charge in [-0.3, -0.25) is 10.1 Å². The highest BCUT2D eigenvalue weighted by Crippen LogP contribution is 2.24. The fraction of sp³-hybridized carbons (Fsp3) is 0.333. The van der Waals surface area contributed by atoms with Gasteiger partial charge < -0.3 is 5.32 Å². The van der Waals surface area contributed by atoms with Gasteiger partial charge in [-0.25, -0.2) is 9.97 Å². The summed E-state index contributed by atoms with van der Waals surface area (Å²) >= 11 is 0. The molecule has 2 rings (SSSR count). The zero-order chi connectivity index (χ0) is 15.4. The fourth-order valence-corrected chi connectivity index (χ4v) is 1.93. The third-order valence-electron chi connectivity index (χ3n) is 3.25. The van der Waals surface area contributed by atoms with Gasteiger partial charge in [-0.1, -0.05) is 19.1 Å². The lowest BCUT2D eigenvalue weighted by Crippen LogP contribution is -2.07.